The molecule has 1 aliphatic heterocycles. The minimum atomic E-state index is -0.112. The summed E-state index contributed by atoms with van der Waals surface area (Å²) >= 11 is 1.41. The maximum Gasteiger partial charge on any atom is 0.230 e. The van der Waals surface area contributed by atoms with Gasteiger partial charge in [0.1, 0.15) is 5.75 Å². The number of benzene rings is 2. The average molecular weight is 448 g/mol. The lowest BCUT2D eigenvalue weighted by molar-refractivity contribution is -0.120. The number of aryl methyl sites for hydroxylation is 1. The summed E-state index contributed by atoms with van der Waals surface area (Å²) in [5.74, 6) is 1.12. The molecule has 2 aliphatic rings. The van der Waals surface area contributed by atoms with Gasteiger partial charge in [0.2, 0.25) is 11.8 Å². The van der Waals surface area contributed by atoms with Crippen LogP contribution in [-0.2, 0) is 22.4 Å². The smallest absolute Gasteiger partial charge is 0.230 e. The van der Waals surface area contributed by atoms with Gasteiger partial charge in [0.25, 0.3) is 0 Å². The van der Waals surface area contributed by atoms with Gasteiger partial charge in [-0.1, -0.05) is 18.2 Å². The van der Waals surface area contributed by atoms with E-state index in [1.54, 1.807) is 7.11 Å². The van der Waals surface area contributed by atoms with Crippen LogP contribution >= 0.6 is 11.3 Å². The molecule has 2 amide bonds. The van der Waals surface area contributed by atoms with E-state index in [9.17, 15) is 9.59 Å². The summed E-state index contributed by atoms with van der Waals surface area (Å²) in [5.41, 5.74) is 4.96. The first-order valence-corrected chi connectivity index (χ1v) is 11.8. The second kappa shape index (κ2) is 8.74. The normalized spacial score (nSPS) is 15.2. The van der Waals surface area contributed by atoms with Crippen molar-refractivity contribution in [3.63, 3.8) is 0 Å². The van der Waals surface area contributed by atoms with Crippen molar-refractivity contribution < 1.29 is 14.3 Å². The van der Waals surface area contributed by atoms with Gasteiger partial charge in [0, 0.05) is 29.1 Å². The first kappa shape index (κ1) is 20.7. The molecule has 1 saturated carbocycles. The van der Waals surface area contributed by atoms with Crippen molar-refractivity contribution in [3.05, 3.63) is 59.0 Å². The molecule has 2 aromatic carbocycles. The second-order valence-electron chi connectivity index (χ2n) is 8.33. The Kier molecular flexibility index (Phi) is 5.66. The number of ether oxygens (including phenoxy) is 1. The van der Waals surface area contributed by atoms with E-state index >= 15 is 0 Å². The van der Waals surface area contributed by atoms with Crippen LogP contribution in [0.4, 0.5) is 10.8 Å². The van der Waals surface area contributed by atoms with Gasteiger partial charge in [-0.2, -0.15) is 0 Å². The molecule has 5 rings (SSSR count). The number of hydrogen-bond acceptors (Lipinski definition) is 5. The van der Waals surface area contributed by atoms with Crippen LogP contribution in [0.15, 0.2) is 47.8 Å². The molecule has 32 heavy (non-hydrogen) atoms. The third kappa shape index (κ3) is 4.39. The van der Waals surface area contributed by atoms with Gasteiger partial charge >= 0.3 is 0 Å². The fraction of sp³-hybridized carbons (Fsp3) is 0.320. The number of nitrogens with one attached hydrogen (secondary N) is 1. The van der Waals surface area contributed by atoms with Gasteiger partial charge in [-0.05, 0) is 61.1 Å². The van der Waals surface area contributed by atoms with E-state index in [4.69, 9.17) is 4.74 Å². The highest BCUT2D eigenvalue weighted by atomic mass is 32.1. The van der Waals surface area contributed by atoms with Crippen LogP contribution in [-0.4, -0.2) is 30.5 Å². The van der Waals surface area contributed by atoms with Gasteiger partial charge in [0.15, 0.2) is 5.13 Å². The number of nitrogens with zero attached hydrogens (tertiary/aromatic N) is 2. The maximum atomic E-state index is 12.6. The van der Waals surface area contributed by atoms with Crippen molar-refractivity contribution in [2.75, 3.05) is 23.9 Å². The predicted molar refractivity (Wildman–Crippen MR) is 126 cm³/mol. The van der Waals surface area contributed by atoms with Crippen LogP contribution in [0.3, 0.4) is 0 Å². The molecule has 164 valence electrons. The number of carbonyl (C=O) groups is 2. The minimum absolute atomic E-state index is 0.112. The lowest BCUT2D eigenvalue weighted by atomic mass is 9.98. The molecule has 0 atom stereocenters. The van der Waals surface area contributed by atoms with Crippen LogP contribution < -0.4 is 15.0 Å². The van der Waals surface area contributed by atoms with E-state index in [0.29, 0.717) is 5.13 Å². The third-order valence-electron chi connectivity index (χ3n) is 5.94. The van der Waals surface area contributed by atoms with Crippen molar-refractivity contribution in [2.24, 2.45) is 5.92 Å². The highest BCUT2D eigenvalue weighted by Gasteiger charge is 2.35. The molecule has 2 heterocycles. The zero-order valence-electron chi connectivity index (χ0n) is 18.0. The van der Waals surface area contributed by atoms with Gasteiger partial charge in [-0.3, -0.25) is 9.59 Å². The van der Waals surface area contributed by atoms with E-state index in [0.717, 1.165) is 60.5 Å². The molecule has 1 fully saturated rings. The predicted octanol–water partition coefficient (Wildman–Crippen LogP) is 4.69. The molecule has 3 aromatic rings. The largest absolute Gasteiger partial charge is 0.497 e. The van der Waals surface area contributed by atoms with Crippen molar-refractivity contribution in [1.82, 2.24) is 4.98 Å². The third-order valence-corrected chi connectivity index (χ3v) is 6.69. The summed E-state index contributed by atoms with van der Waals surface area (Å²) in [7, 11) is 1.61. The molecular formula is C25H25N3O3S. The minimum Gasteiger partial charge on any atom is -0.497 e. The number of aromatic nitrogens is 1. The van der Waals surface area contributed by atoms with Crippen LogP contribution in [0, 0.1) is 5.92 Å². The fourth-order valence-electron chi connectivity index (χ4n) is 4.13. The number of carbonyl (C=O) groups excluding carboxylic acids is 2. The standard InChI is InChI=1S/C25H25N3O3S/c1-31-20-6-2-4-16(12-20)13-23(29)27-25-26-21(15-32-25)18-9-10-22-19(14-18)5-3-11-28(22)24(30)17-7-8-17/h2,4,6,9-10,12,14-15,17H,3,5,7-8,11,13H2,1H3,(H,26,27,29). The Balaban J connectivity index is 1.28. The molecule has 7 heteroatoms. The van der Waals surface area contributed by atoms with E-state index in [1.807, 2.05) is 46.7 Å². The number of hydrogen-bond donors (Lipinski definition) is 1. The van der Waals surface area contributed by atoms with Crippen molar-refractivity contribution in [2.45, 2.75) is 32.1 Å². The Labute approximate surface area is 191 Å². The molecule has 6 nitrogen and oxygen atoms in total. The SMILES string of the molecule is COc1cccc(CC(=O)Nc2nc(-c3ccc4c(c3)CCCN4C(=O)C3CC3)cs2)c1. The lowest BCUT2D eigenvalue weighted by Gasteiger charge is -2.30. The molecule has 0 saturated heterocycles. The van der Waals surface area contributed by atoms with Gasteiger partial charge < -0.3 is 15.0 Å². The Bertz CT molecular complexity index is 1170. The van der Waals surface area contributed by atoms with E-state index in [2.05, 4.69) is 16.4 Å². The molecular weight excluding hydrogens is 422 g/mol. The van der Waals surface area contributed by atoms with Crippen LogP contribution in [0.25, 0.3) is 11.3 Å². The molecule has 1 aromatic heterocycles. The summed E-state index contributed by atoms with van der Waals surface area (Å²) in [4.78, 5) is 31.7. The summed E-state index contributed by atoms with van der Waals surface area (Å²) in [6.07, 6.45) is 4.25. The van der Waals surface area contributed by atoms with E-state index in [1.165, 1.54) is 16.9 Å². The summed E-state index contributed by atoms with van der Waals surface area (Å²) in [6.45, 7) is 0.807. The number of methoxy groups -OCH3 is 1. The Morgan fingerprint density at radius 3 is 2.91 bits per heavy atom. The Morgan fingerprint density at radius 1 is 1.22 bits per heavy atom. The maximum absolute atomic E-state index is 12.6. The molecule has 0 spiro atoms. The Hall–Kier alpha value is -3.19. The van der Waals surface area contributed by atoms with Gasteiger partial charge in [-0.25, -0.2) is 4.98 Å². The molecule has 0 bridgehead atoms. The van der Waals surface area contributed by atoms with Crippen molar-refractivity contribution in [3.8, 4) is 17.0 Å². The van der Waals surface area contributed by atoms with Gasteiger partial charge in [0.05, 0.1) is 19.2 Å². The molecule has 0 unspecified atom stereocenters. The lowest BCUT2D eigenvalue weighted by Crippen LogP contribution is -2.36. The highest BCUT2D eigenvalue weighted by molar-refractivity contribution is 7.14. The number of amides is 2. The number of fused-ring (bicyclic) bond motifs is 1. The van der Waals surface area contributed by atoms with Crippen molar-refractivity contribution in [1.29, 1.82) is 0 Å². The van der Waals surface area contributed by atoms with E-state index in [-0.39, 0.29) is 24.2 Å². The average Bonchev–Trinajstić information content (AvgIpc) is 3.56. The highest BCUT2D eigenvalue weighted by Crippen LogP contribution is 2.37. The number of anilines is 2. The summed E-state index contributed by atoms with van der Waals surface area (Å²) in [5, 5.41) is 5.43. The summed E-state index contributed by atoms with van der Waals surface area (Å²) < 4.78 is 5.22. The monoisotopic (exact) mass is 447 g/mol. The van der Waals surface area contributed by atoms with Crippen LogP contribution in [0.5, 0.6) is 5.75 Å². The fourth-order valence-corrected chi connectivity index (χ4v) is 4.87. The quantitative estimate of drug-likeness (QED) is 0.595. The van der Waals surface area contributed by atoms with Crippen LogP contribution in [0.2, 0.25) is 0 Å². The van der Waals surface area contributed by atoms with E-state index < -0.39 is 0 Å². The molecule has 1 N–H and O–H groups in total. The topological polar surface area (TPSA) is 71.5 Å². The Morgan fingerprint density at radius 2 is 2.09 bits per heavy atom. The summed E-state index contributed by atoms with van der Waals surface area (Å²) in [6, 6.07) is 13.7. The second-order valence-corrected chi connectivity index (χ2v) is 9.18. The number of thiazole rings is 1. The number of rotatable bonds is 6. The van der Waals surface area contributed by atoms with Crippen LogP contribution in [0.1, 0.15) is 30.4 Å². The molecule has 1 aliphatic carbocycles. The van der Waals surface area contributed by atoms with Crippen molar-refractivity contribution >= 4 is 34.0 Å². The molecule has 0 radical (unpaired) electrons. The first-order valence-electron chi connectivity index (χ1n) is 10.9. The first-order chi connectivity index (χ1) is 15.6. The zero-order valence-corrected chi connectivity index (χ0v) is 18.8. The van der Waals surface area contributed by atoms with Gasteiger partial charge in [-0.15, -0.1) is 11.3 Å². The zero-order chi connectivity index (χ0) is 22.1.